The molecular formula is C24H19BrN2O. The molecule has 0 radical (unpaired) electrons. The first kappa shape index (κ1) is 19.6. The molecule has 2 aromatic carbocycles. The Hall–Kier alpha value is -3.11. The van der Waals surface area contributed by atoms with Crippen LogP contribution in [-0.2, 0) is 6.54 Å². The number of hydrogen-bond acceptors (Lipinski definition) is 2. The maximum Gasteiger partial charge on any atom is 0.227 e. The smallest absolute Gasteiger partial charge is 0.227 e. The van der Waals surface area contributed by atoms with Crippen molar-refractivity contribution in [2.24, 2.45) is 0 Å². The van der Waals surface area contributed by atoms with E-state index in [-0.39, 0.29) is 22.8 Å². The zero-order chi connectivity index (χ0) is 18.5. The van der Waals surface area contributed by atoms with Crippen LogP contribution in [0.25, 0.3) is 22.3 Å². The molecule has 0 saturated heterocycles. The number of carbonyl (C=O) groups excluding carboxylic acids is 1. The first-order valence-electron chi connectivity index (χ1n) is 8.88. The average molecular weight is 431 g/mol. The van der Waals surface area contributed by atoms with E-state index >= 15 is 0 Å². The number of pyridine rings is 2. The molecule has 0 unspecified atom stereocenters. The van der Waals surface area contributed by atoms with Gasteiger partial charge in [-0.2, -0.15) is 4.57 Å². The average Bonchev–Trinajstić information content (AvgIpc) is 2.76. The Morgan fingerprint density at radius 2 is 1.21 bits per heavy atom. The fourth-order valence-corrected chi connectivity index (χ4v) is 3.04. The van der Waals surface area contributed by atoms with Gasteiger partial charge in [0.2, 0.25) is 12.3 Å². The van der Waals surface area contributed by atoms with Crippen molar-refractivity contribution in [2.75, 3.05) is 0 Å². The Labute approximate surface area is 175 Å². The first-order valence-corrected chi connectivity index (χ1v) is 8.88. The summed E-state index contributed by atoms with van der Waals surface area (Å²) in [6, 6.07) is 25.9. The fourth-order valence-electron chi connectivity index (χ4n) is 3.04. The van der Waals surface area contributed by atoms with Gasteiger partial charge in [-0.1, -0.05) is 54.6 Å². The van der Waals surface area contributed by atoms with Gasteiger partial charge in [-0.15, -0.1) is 0 Å². The Bertz CT molecular complexity index is 1030. The van der Waals surface area contributed by atoms with E-state index < -0.39 is 0 Å². The largest absolute Gasteiger partial charge is 1.00 e. The summed E-state index contributed by atoms with van der Waals surface area (Å²) in [6.07, 6.45) is 7.43. The van der Waals surface area contributed by atoms with Crippen LogP contribution in [0.5, 0.6) is 0 Å². The summed E-state index contributed by atoms with van der Waals surface area (Å²) in [5.74, 6) is 0.0938. The summed E-state index contributed by atoms with van der Waals surface area (Å²) in [6.45, 7) is 0.321. The van der Waals surface area contributed by atoms with Crippen molar-refractivity contribution in [3.63, 3.8) is 0 Å². The van der Waals surface area contributed by atoms with Crippen LogP contribution in [0.4, 0.5) is 0 Å². The normalized spacial score (nSPS) is 10.1. The second-order valence-corrected chi connectivity index (χ2v) is 6.36. The van der Waals surface area contributed by atoms with Crippen LogP contribution in [0.2, 0.25) is 0 Å². The van der Waals surface area contributed by atoms with E-state index in [1.807, 2.05) is 83.7 Å². The Morgan fingerprint density at radius 3 is 1.86 bits per heavy atom. The van der Waals surface area contributed by atoms with Crippen molar-refractivity contribution in [2.45, 2.75) is 6.54 Å². The quantitative estimate of drug-likeness (QED) is 0.355. The van der Waals surface area contributed by atoms with E-state index in [1.165, 1.54) is 0 Å². The zero-order valence-corrected chi connectivity index (χ0v) is 16.8. The van der Waals surface area contributed by atoms with Gasteiger partial charge in [0.15, 0.2) is 12.4 Å². The number of halogens is 1. The molecule has 3 nitrogen and oxygen atoms in total. The monoisotopic (exact) mass is 430 g/mol. The number of rotatable bonds is 5. The zero-order valence-electron chi connectivity index (χ0n) is 15.2. The molecule has 138 valence electrons. The number of aromatic nitrogens is 2. The molecule has 0 atom stereocenters. The summed E-state index contributed by atoms with van der Waals surface area (Å²) in [4.78, 5) is 16.6. The molecule has 0 bridgehead atoms. The number of Topliss-reactive ketones (excluding diaryl/α,β-unsaturated/α-hetero) is 1. The lowest BCUT2D eigenvalue weighted by Gasteiger charge is -2.04. The van der Waals surface area contributed by atoms with E-state index in [0.717, 1.165) is 27.8 Å². The van der Waals surface area contributed by atoms with Gasteiger partial charge in [-0.25, -0.2) is 0 Å². The first-order chi connectivity index (χ1) is 13.3. The van der Waals surface area contributed by atoms with Crippen LogP contribution in [-0.4, -0.2) is 10.8 Å². The molecule has 0 saturated carbocycles. The van der Waals surface area contributed by atoms with E-state index in [2.05, 4.69) is 17.1 Å². The summed E-state index contributed by atoms with van der Waals surface area (Å²) in [5.41, 5.74) is 5.20. The molecule has 4 aromatic rings. The number of hydrogen-bond donors (Lipinski definition) is 0. The number of ketones is 1. The molecule has 4 rings (SSSR count). The predicted octanol–water partition coefficient (Wildman–Crippen LogP) is 1.59. The minimum atomic E-state index is 0. The highest BCUT2D eigenvalue weighted by Gasteiger charge is 2.12. The van der Waals surface area contributed by atoms with Crippen LogP contribution in [0.15, 0.2) is 104 Å². The molecular weight excluding hydrogens is 412 g/mol. The highest BCUT2D eigenvalue weighted by atomic mass is 79.9. The molecule has 2 aromatic heterocycles. The molecule has 0 aliphatic heterocycles. The Kier molecular flexibility index (Phi) is 6.45. The van der Waals surface area contributed by atoms with E-state index in [4.69, 9.17) is 0 Å². The number of carbonyl (C=O) groups is 1. The summed E-state index contributed by atoms with van der Waals surface area (Å²) >= 11 is 0. The Morgan fingerprint density at radius 1 is 0.679 bits per heavy atom. The van der Waals surface area contributed by atoms with Crippen LogP contribution >= 0.6 is 0 Å². The van der Waals surface area contributed by atoms with Gasteiger partial charge < -0.3 is 17.0 Å². The fraction of sp³-hybridized carbons (Fsp3) is 0.0417. The second kappa shape index (κ2) is 9.20. The topological polar surface area (TPSA) is 33.8 Å². The van der Waals surface area contributed by atoms with E-state index in [9.17, 15) is 4.79 Å². The SMILES string of the molecule is O=C(C[n+]1ccc(-c2ccncc2)cc1)c1ccc(-c2ccccc2)cc1.[Br-]. The lowest BCUT2D eigenvalue weighted by molar-refractivity contribution is -0.683. The molecule has 4 heteroatoms. The molecule has 0 aliphatic carbocycles. The van der Waals surface area contributed by atoms with Gasteiger partial charge in [0.05, 0.1) is 0 Å². The van der Waals surface area contributed by atoms with Crippen molar-refractivity contribution < 1.29 is 26.3 Å². The highest BCUT2D eigenvalue weighted by molar-refractivity contribution is 5.95. The maximum absolute atomic E-state index is 12.6. The van der Waals surface area contributed by atoms with Gasteiger partial charge in [0.1, 0.15) is 0 Å². The predicted molar refractivity (Wildman–Crippen MR) is 106 cm³/mol. The lowest BCUT2D eigenvalue weighted by atomic mass is 10.0. The van der Waals surface area contributed by atoms with Crippen LogP contribution in [0, 0.1) is 0 Å². The van der Waals surface area contributed by atoms with Crippen LogP contribution < -0.4 is 21.5 Å². The van der Waals surface area contributed by atoms with Gasteiger partial charge >= 0.3 is 0 Å². The van der Waals surface area contributed by atoms with Crippen LogP contribution in [0.1, 0.15) is 10.4 Å². The van der Waals surface area contributed by atoms with Crippen molar-refractivity contribution >= 4 is 5.78 Å². The molecule has 0 N–H and O–H groups in total. The van der Waals surface area contributed by atoms with Gasteiger partial charge in [0.25, 0.3) is 0 Å². The number of nitrogens with zero attached hydrogens (tertiary/aromatic N) is 2. The third-order valence-corrected chi connectivity index (χ3v) is 4.54. The molecule has 0 amide bonds. The van der Waals surface area contributed by atoms with Crippen molar-refractivity contribution in [1.29, 1.82) is 0 Å². The van der Waals surface area contributed by atoms with Gasteiger partial charge in [-0.05, 0) is 34.4 Å². The second-order valence-electron chi connectivity index (χ2n) is 6.36. The third kappa shape index (κ3) is 4.59. The Balaban J connectivity index is 0.00000225. The highest BCUT2D eigenvalue weighted by Crippen LogP contribution is 2.19. The maximum atomic E-state index is 12.6. The number of benzene rings is 2. The molecule has 0 spiro atoms. The van der Waals surface area contributed by atoms with Gasteiger partial charge in [-0.3, -0.25) is 9.78 Å². The van der Waals surface area contributed by atoms with E-state index in [0.29, 0.717) is 6.54 Å². The van der Waals surface area contributed by atoms with Gasteiger partial charge in [0, 0.05) is 30.1 Å². The summed E-state index contributed by atoms with van der Waals surface area (Å²) in [5, 5.41) is 0. The standard InChI is InChI=1S/C24H19N2O.BrH/c27-24(23-8-6-20(7-9-23)19-4-2-1-3-5-19)18-26-16-12-22(13-17-26)21-10-14-25-15-11-21;/h1-17H,18H2;1H/q+1;/p-1. The molecule has 0 aliphatic rings. The lowest BCUT2D eigenvalue weighted by Crippen LogP contribution is -3.00. The van der Waals surface area contributed by atoms with Crippen LogP contribution in [0.3, 0.4) is 0 Å². The van der Waals surface area contributed by atoms with Crippen molar-refractivity contribution in [1.82, 2.24) is 4.98 Å². The third-order valence-electron chi connectivity index (χ3n) is 4.54. The molecule has 2 heterocycles. The minimum Gasteiger partial charge on any atom is -1.00 e. The van der Waals surface area contributed by atoms with E-state index in [1.54, 1.807) is 12.4 Å². The minimum absolute atomic E-state index is 0. The summed E-state index contributed by atoms with van der Waals surface area (Å²) < 4.78 is 1.90. The molecule has 0 fully saturated rings. The van der Waals surface area contributed by atoms with Crippen molar-refractivity contribution in [3.8, 4) is 22.3 Å². The molecule has 28 heavy (non-hydrogen) atoms. The summed E-state index contributed by atoms with van der Waals surface area (Å²) in [7, 11) is 0. The van der Waals surface area contributed by atoms with Crippen molar-refractivity contribution in [3.05, 3.63) is 109 Å².